The van der Waals surface area contributed by atoms with Crippen LogP contribution in [0.4, 0.5) is 0 Å². The van der Waals surface area contributed by atoms with Crippen molar-refractivity contribution in [3.8, 4) is 5.88 Å². The van der Waals surface area contributed by atoms with Crippen molar-refractivity contribution in [1.29, 1.82) is 0 Å². The van der Waals surface area contributed by atoms with Gasteiger partial charge in [-0.2, -0.15) is 9.29 Å². The first-order valence-electron chi connectivity index (χ1n) is 6.45. The second-order valence-electron chi connectivity index (χ2n) is 4.58. The van der Waals surface area contributed by atoms with Crippen molar-refractivity contribution < 1.29 is 13.2 Å². The predicted octanol–water partition coefficient (Wildman–Crippen LogP) is 0.978. The second-order valence-corrected chi connectivity index (χ2v) is 6.84. The number of hydrogen-bond donors (Lipinski definition) is 0. The highest BCUT2D eigenvalue weighted by Crippen LogP contribution is 2.18. The van der Waals surface area contributed by atoms with E-state index in [1.54, 1.807) is 26.1 Å². The second kappa shape index (κ2) is 5.83. The lowest BCUT2D eigenvalue weighted by molar-refractivity contribution is 0.124. The third kappa shape index (κ3) is 3.63. The van der Waals surface area contributed by atoms with Crippen molar-refractivity contribution in [2.24, 2.45) is 0 Å². The summed E-state index contributed by atoms with van der Waals surface area (Å²) in [5.41, 5.74) is 0. The monoisotopic (exact) mass is 285 g/mol. The van der Waals surface area contributed by atoms with Crippen LogP contribution in [0.15, 0.2) is 12.3 Å². The van der Waals surface area contributed by atoms with Gasteiger partial charge < -0.3 is 4.74 Å². The van der Waals surface area contributed by atoms with Gasteiger partial charge in [-0.15, -0.1) is 0 Å². The Kier molecular flexibility index (Phi) is 4.36. The molecule has 7 heteroatoms. The van der Waals surface area contributed by atoms with Gasteiger partial charge in [-0.05, 0) is 26.7 Å². The van der Waals surface area contributed by atoms with Crippen LogP contribution in [0.3, 0.4) is 0 Å². The number of piperidine rings is 1. The molecule has 2 heterocycles. The number of aryl methyl sites for hydroxylation is 1. The molecule has 19 heavy (non-hydrogen) atoms. The zero-order valence-electron chi connectivity index (χ0n) is 11.2. The van der Waals surface area contributed by atoms with Crippen molar-refractivity contribution in [2.75, 3.05) is 18.8 Å². The Morgan fingerprint density at radius 3 is 3.00 bits per heavy atom. The molecule has 0 spiro atoms. The molecule has 1 aliphatic heterocycles. The van der Waals surface area contributed by atoms with Crippen LogP contribution < -0.4 is 4.74 Å². The molecule has 1 aliphatic rings. The van der Waals surface area contributed by atoms with E-state index >= 15 is 0 Å². The van der Waals surface area contributed by atoms with E-state index in [1.165, 1.54) is 4.31 Å². The Hall–Kier alpha value is -1.21. The molecular formula is C12H19N3O3S. The average molecular weight is 285 g/mol. The lowest BCUT2D eigenvalue weighted by Crippen LogP contribution is -2.44. The van der Waals surface area contributed by atoms with Gasteiger partial charge in [0.1, 0.15) is 11.9 Å². The molecule has 1 atom stereocenters. The highest BCUT2D eigenvalue weighted by molar-refractivity contribution is 7.89. The minimum Gasteiger partial charge on any atom is -0.473 e. The molecule has 1 aromatic rings. The molecule has 106 valence electrons. The molecule has 0 amide bonds. The van der Waals surface area contributed by atoms with Crippen LogP contribution in [0, 0.1) is 6.92 Å². The van der Waals surface area contributed by atoms with E-state index < -0.39 is 10.0 Å². The zero-order valence-corrected chi connectivity index (χ0v) is 12.1. The van der Waals surface area contributed by atoms with Gasteiger partial charge in [0, 0.05) is 18.8 Å². The van der Waals surface area contributed by atoms with Gasteiger partial charge in [0.2, 0.25) is 15.9 Å². The molecule has 6 nitrogen and oxygen atoms in total. The lowest BCUT2D eigenvalue weighted by Gasteiger charge is -2.31. The van der Waals surface area contributed by atoms with Gasteiger partial charge >= 0.3 is 0 Å². The fourth-order valence-corrected chi connectivity index (χ4v) is 3.27. The van der Waals surface area contributed by atoms with Crippen molar-refractivity contribution >= 4 is 10.0 Å². The van der Waals surface area contributed by atoms with Crippen LogP contribution in [-0.2, 0) is 10.0 Å². The summed E-state index contributed by atoms with van der Waals surface area (Å²) in [5, 5.41) is 0. The first kappa shape index (κ1) is 14.2. The number of hydrogen-bond acceptors (Lipinski definition) is 5. The third-order valence-electron chi connectivity index (χ3n) is 3.14. The van der Waals surface area contributed by atoms with E-state index in [4.69, 9.17) is 4.74 Å². The summed E-state index contributed by atoms with van der Waals surface area (Å²) >= 11 is 0. The van der Waals surface area contributed by atoms with E-state index in [0.717, 1.165) is 12.8 Å². The number of rotatable bonds is 4. The summed E-state index contributed by atoms with van der Waals surface area (Å²) in [4.78, 5) is 8.18. The van der Waals surface area contributed by atoms with Gasteiger partial charge in [0.05, 0.1) is 12.3 Å². The molecule has 0 aliphatic carbocycles. The summed E-state index contributed by atoms with van der Waals surface area (Å²) in [6, 6.07) is 1.69. The van der Waals surface area contributed by atoms with E-state index in [0.29, 0.717) is 24.8 Å². The van der Waals surface area contributed by atoms with Crippen LogP contribution >= 0.6 is 0 Å². The molecular weight excluding hydrogens is 266 g/mol. The van der Waals surface area contributed by atoms with Gasteiger partial charge in [-0.3, -0.25) is 0 Å². The van der Waals surface area contributed by atoms with Gasteiger partial charge in [0.15, 0.2) is 0 Å². The normalized spacial score (nSPS) is 21.3. The molecule has 1 fully saturated rings. The van der Waals surface area contributed by atoms with Crippen LogP contribution in [0.1, 0.15) is 25.6 Å². The first-order valence-corrected chi connectivity index (χ1v) is 8.06. The van der Waals surface area contributed by atoms with Gasteiger partial charge in [-0.1, -0.05) is 0 Å². The minimum absolute atomic E-state index is 0.131. The molecule has 0 bridgehead atoms. The quantitative estimate of drug-likeness (QED) is 0.824. The zero-order chi connectivity index (χ0) is 13.9. The number of aromatic nitrogens is 2. The fraction of sp³-hybridized carbons (Fsp3) is 0.667. The third-order valence-corrected chi connectivity index (χ3v) is 4.99. The molecule has 2 rings (SSSR count). The van der Waals surface area contributed by atoms with E-state index in [1.807, 2.05) is 0 Å². The van der Waals surface area contributed by atoms with Gasteiger partial charge in [0.25, 0.3) is 0 Å². The maximum absolute atomic E-state index is 11.9. The molecule has 0 radical (unpaired) electrons. The highest BCUT2D eigenvalue weighted by Gasteiger charge is 2.28. The Morgan fingerprint density at radius 1 is 1.53 bits per heavy atom. The molecule has 1 saturated heterocycles. The maximum atomic E-state index is 11.9. The lowest BCUT2D eigenvalue weighted by atomic mass is 10.1. The maximum Gasteiger partial charge on any atom is 0.216 e. The fourth-order valence-electron chi connectivity index (χ4n) is 2.11. The minimum atomic E-state index is -3.13. The van der Waals surface area contributed by atoms with E-state index in [9.17, 15) is 8.42 Å². The van der Waals surface area contributed by atoms with Crippen molar-refractivity contribution in [3.63, 3.8) is 0 Å². The summed E-state index contributed by atoms with van der Waals surface area (Å²) in [6.45, 7) is 4.44. The number of nitrogens with zero attached hydrogens (tertiary/aromatic N) is 3. The summed E-state index contributed by atoms with van der Waals surface area (Å²) in [5.74, 6) is 1.28. The largest absolute Gasteiger partial charge is 0.473 e. The van der Waals surface area contributed by atoms with Crippen LogP contribution in [0.2, 0.25) is 0 Å². The smallest absolute Gasteiger partial charge is 0.216 e. The Morgan fingerprint density at radius 2 is 2.32 bits per heavy atom. The highest BCUT2D eigenvalue weighted by atomic mass is 32.2. The SMILES string of the molecule is CCS(=O)(=O)N1CCCC(Oc2ccnc(C)n2)C1. The van der Waals surface area contributed by atoms with E-state index in [2.05, 4.69) is 9.97 Å². The summed E-state index contributed by atoms with van der Waals surface area (Å²) in [7, 11) is -3.13. The molecule has 0 saturated carbocycles. The topological polar surface area (TPSA) is 72.4 Å². The van der Waals surface area contributed by atoms with Crippen molar-refractivity contribution in [3.05, 3.63) is 18.1 Å². The summed E-state index contributed by atoms with van der Waals surface area (Å²) in [6.07, 6.45) is 3.16. The predicted molar refractivity (Wildman–Crippen MR) is 71.5 cm³/mol. The average Bonchev–Trinajstić information content (AvgIpc) is 2.39. The summed E-state index contributed by atoms with van der Waals surface area (Å²) < 4.78 is 31.0. The van der Waals surface area contributed by atoms with Gasteiger partial charge in [-0.25, -0.2) is 13.4 Å². The molecule has 0 aromatic carbocycles. The Balaban J connectivity index is 2.02. The Bertz CT molecular complexity index is 533. The molecule has 0 N–H and O–H groups in total. The van der Waals surface area contributed by atoms with Crippen molar-refractivity contribution in [1.82, 2.24) is 14.3 Å². The standard InChI is InChI=1S/C12H19N3O3S/c1-3-19(16,17)15-8-4-5-11(9-15)18-12-6-7-13-10(2)14-12/h6-7,11H,3-5,8-9H2,1-2H3. The Labute approximate surface area is 113 Å². The number of ether oxygens (including phenoxy) is 1. The van der Waals surface area contributed by atoms with E-state index in [-0.39, 0.29) is 11.9 Å². The number of sulfonamides is 1. The van der Waals surface area contributed by atoms with Crippen LogP contribution in [0.5, 0.6) is 5.88 Å². The van der Waals surface area contributed by atoms with Crippen LogP contribution in [0.25, 0.3) is 0 Å². The van der Waals surface area contributed by atoms with Crippen LogP contribution in [-0.4, -0.2) is 47.6 Å². The first-order chi connectivity index (χ1) is 9.01. The molecule has 1 unspecified atom stereocenters. The molecule has 1 aromatic heterocycles. The van der Waals surface area contributed by atoms with Crippen molar-refractivity contribution in [2.45, 2.75) is 32.8 Å².